The number of rotatable bonds is 4. The van der Waals surface area contributed by atoms with Crippen LogP contribution >= 0.6 is 0 Å². The lowest BCUT2D eigenvalue weighted by Crippen LogP contribution is -2.33. The smallest absolute Gasteiger partial charge is 0.268 e. The lowest BCUT2D eigenvalue weighted by atomic mass is 10.3. The molecule has 7 heteroatoms. The average Bonchev–Trinajstić information content (AvgIpc) is 3.11. The van der Waals surface area contributed by atoms with Crippen molar-refractivity contribution in [1.29, 1.82) is 0 Å². The van der Waals surface area contributed by atoms with Crippen LogP contribution in [0.2, 0.25) is 0 Å². The molecular weight excluding hydrogens is 301 g/mol. The van der Waals surface area contributed by atoms with Gasteiger partial charge in [0.2, 0.25) is 5.91 Å². The standard InChI is InChI=1S/C16H14FN3O3/c1-20-12-6-7-23-14(12)8-13(20)16(22)18-9-15(21)19-11-4-2-10(17)3-5-11/h2-8H,9H2,1H3,(H,18,22)(H,19,21). The minimum Gasteiger partial charge on any atom is -0.463 e. The topological polar surface area (TPSA) is 76.3 Å². The summed E-state index contributed by atoms with van der Waals surface area (Å²) in [6.07, 6.45) is 1.54. The SMILES string of the molecule is Cn1c(C(=O)NCC(=O)Nc2ccc(F)cc2)cc2occc21. The number of furan rings is 1. The molecule has 0 aliphatic rings. The van der Waals surface area contributed by atoms with Crippen molar-refractivity contribution < 1.29 is 18.4 Å². The molecule has 0 saturated heterocycles. The van der Waals surface area contributed by atoms with Crippen LogP contribution in [0.5, 0.6) is 0 Å². The van der Waals surface area contributed by atoms with Gasteiger partial charge < -0.3 is 19.6 Å². The fraction of sp³-hybridized carbons (Fsp3) is 0.125. The first-order valence-corrected chi connectivity index (χ1v) is 6.91. The zero-order chi connectivity index (χ0) is 16.4. The number of anilines is 1. The Balaban J connectivity index is 1.60. The molecule has 0 saturated carbocycles. The number of hydrogen-bond donors (Lipinski definition) is 2. The second-order valence-corrected chi connectivity index (χ2v) is 5.00. The largest absolute Gasteiger partial charge is 0.463 e. The molecular formula is C16H14FN3O3. The van der Waals surface area contributed by atoms with Crippen LogP contribution in [0.3, 0.4) is 0 Å². The first-order valence-electron chi connectivity index (χ1n) is 6.91. The van der Waals surface area contributed by atoms with Crippen LogP contribution in [-0.4, -0.2) is 22.9 Å². The van der Waals surface area contributed by atoms with Gasteiger partial charge in [0, 0.05) is 24.9 Å². The molecule has 0 fully saturated rings. The van der Waals surface area contributed by atoms with Gasteiger partial charge in [0.25, 0.3) is 5.91 Å². The highest BCUT2D eigenvalue weighted by Gasteiger charge is 2.15. The van der Waals surface area contributed by atoms with Gasteiger partial charge in [-0.25, -0.2) is 4.39 Å². The summed E-state index contributed by atoms with van der Waals surface area (Å²) >= 11 is 0. The summed E-state index contributed by atoms with van der Waals surface area (Å²) in [4.78, 5) is 23.9. The predicted molar refractivity (Wildman–Crippen MR) is 82.5 cm³/mol. The molecule has 118 valence electrons. The van der Waals surface area contributed by atoms with Gasteiger partial charge in [-0.3, -0.25) is 9.59 Å². The van der Waals surface area contributed by atoms with Gasteiger partial charge in [0.15, 0.2) is 5.58 Å². The van der Waals surface area contributed by atoms with Crippen LogP contribution < -0.4 is 10.6 Å². The zero-order valence-corrected chi connectivity index (χ0v) is 12.3. The molecule has 0 spiro atoms. The number of carbonyl (C=O) groups excluding carboxylic acids is 2. The van der Waals surface area contributed by atoms with E-state index in [-0.39, 0.29) is 18.3 Å². The second-order valence-electron chi connectivity index (χ2n) is 5.00. The van der Waals surface area contributed by atoms with E-state index in [1.807, 2.05) is 0 Å². The van der Waals surface area contributed by atoms with Crippen LogP contribution in [0.15, 0.2) is 47.1 Å². The van der Waals surface area contributed by atoms with E-state index < -0.39 is 5.91 Å². The minimum atomic E-state index is -0.400. The second kappa shape index (κ2) is 5.96. The summed E-state index contributed by atoms with van der Waals surface area (Å²) in [6.45, 7) is -0.192. The molecule has 0 unspecified atom stereocenters. The number of aryl methyl sites for hydroxylation is 1. The van der Waals surface area contributed by atoms with E-state index in [1.165, 1.54) is 24.3 Å². The monoisotopic (exact) mass is 315 g/mol. The van der Waals surface area contributed by atoms with Crippen LogP contribution in [-0.2, 0) is 11.8 Å². The summed E-state index contributed by atoms with van der Waals surface area (Å²) in [5, 5.41) is 5.10. The maximum Gasteiger partial charge on any atom is 0.268 e. The van der Waals surface area contributed by atoms with E-state index in [9.17, 15) is 14.0 Å². The molecule has 6 nitrogen and oxygen atoms in total. The Kier molecular flexibility index (Phi) is 3.84. The van der Waals surface area contributed by atoms with E-state index in [4.69, 9.17) is 4.42 Å². The molecule has 3 aromatic rings. The third kappa shape index (κ3) is 3.08. The molecule has 0 bridgehead atoms. The highest BCUT2D eigenvalue weighted by atomic mass is 19.1. The number of benzene rings is 1. The van der Waals surface area contributed by atoms with E-state index in [2.05, 4.69) is 10.6 Å². The number of hydrogen-bond acceptors (Lipinski definition) is 3. The maximum atomic E-state index is 12.8. The van der Waals surface area contributed by atoms with Crippen LogP contribution in [0, 0.1) is 5.82 Å². The van der Waals surface area contributed by atoms with Crippen molar-refractivity contribution in [2.75, 3.05) is 11.9 Å². The molecule has 1 aromatic carbocycles. The molecule has 2 N–H and O–H groups in total. The summed E-state index contributed by atoms with van der Waals surface area (Å²) in [5.74, 6) is -1.17. The third-order valence-electron chi connectivity index (χ3n) is 3.43. The lowest BCUT2D eigenvalue weighted by Gasteiger charge is -2.07. The zero-order valence-electron chi connectivity index (χ0n) is 12.3. The van der Waals surface area contributed by atoms with Crippen molar-refractivity contribution in [2.24, 2.45) is 7.05 Å². The molecule has 3 rings (SSSR count). The van der Waals surface area contributed by atoms with Crippen molar-refractivity contribution in [2.45, 2.75) is 0 Å². The first kappa shape index (κ1) is 14.8. The Morgan fingerprint density at radius 1 is 1.22 bits per heavy atom. The maximum absolute atomic E-state index is 12.8. The molecule has 0 aliphatic heterocycles. The Hall–Kier alpha value is -3.09. The number of halogens is 1. The summed E-state index contributed by atoms with van der Waals surface area (Å²) in [6, 6.07) is 8.75. The highest BCUT2D eigenvalue weighted by Crippen LogP contribution is 2.19. The van der Waals surface area contributed by atoms with Crippen LogP contribution in [0.1, 0.15) is 10.5 Å². The van der Waals surface area contributed by atoms with Crippen molar-refractivity contribution in [3.05, 3.63) is 54.2 Å². The molecule has 0 aliphatic carbocycles. The minimum absolute atomic E-state index is 0.192. The van der Waals surface area contributed by atoms with Crippen LogP contribution in [0.25, 0.3) is 11.1 Å². The van der Waals surface area contributed by atoms with Gasteiger partial charge >= 0.3 is 0 Å². The fourth-order valence-corrected chi connectivity index (χ4v) is 2.26. The molecule has 0 atom stereocenters. The first-order chi connectivity index (χ1) is 11.0. The van der Waals surface area contributed by atoms with Crippen molar-refractivity contribution in [3.63, 3.8) is 0 Å². The highest BCUT2D eigenvalue weighted by molar-refractivity contribution is 6.00. The van der Waals surface area contributed by atoms with Crippen molar-refractivity contribution in [1.82, 2.24) is 9.88 Å². The Labute approximate surface area is 130 Å². The van der Waals surface area contributed by atoms with E-state index >= 15 is 0 Å². The van der Waals surface area contributed by atoms with Crippen LogP contribution in [0.4, 0.5) is 10.1 Å². The number of nitrogens with one attached hydrogen (secondary N) is 2. The summed E-state index contributed by atoms with van der Waals surface area (Å²) < 4.78 is 19.7. The fourth-order valence-electron chi connectivity index (χ4n) is 2.26. The van der Waals surface area contributed by atoms with E-state index in [0.717, 1.165) is 5.52 Å². The predicted octanol–water partition coefficient (Wildman–Crippen LogP) is 2.28. The summed E-state index contributed by atoms with van der Waals surface area (Å²) in [7, 11) is 1.74. The van der Waals surface area contributed by atoms with Crippen molar-refractivity contribution >= 4 is 28.6 Å². The van der Waals surface area contributed by atoms with Gasteiger partial charge in [-0.1, -0.05) is 0 Å². The van der Waals surface area contributed by atoms with Gasteiger partial charge in [0.05, 0.1) is 18.3 Å². The normalized spacial score (nSPS) is 10.7. The van der Waals surface area contributed by atoms with E-state index in [1.54, 1.807) is 30.0 Å². The number of amides is 2. The molecule has 23 heavy (non-hydrogen) atoms. The lowest BCUT2D eigenvalue weighted by molar-refractivity contribution is -0.115. The average molecular weight is 315 g/mol. The Morgan fingerprint density at radius 2 is 1.96 bits per heavy atom. The Bertz CT molecular complexity index is 864. The van der Waals surface area contributed by atoms with Gasteiger partial charge in [-0.05, 0) is 24.3 Å². The van der Waals surface area contributed by atoms with Gasteiger partial charge in [-0.15, -0.1) is 0 Å². The molecule has 2 aromatic heterocycles. The number of fused-ring (bicyclic) bond motifs is 1. The van der Waals surface area contributed by atoms with E-state index in [0.29, 0.717) is 17.0 Å². The number of nitrogens with zero attached hydrogens (tertiary/aromatic N) is 1. The molecule has 2 heterocycles. The van der Waals surface area contributed by atoms with Gasteiger partial charge in [0.1, 0.15) is 11.5 Å². The summed E-state index contributed by atoms with van der Waals surface area (Å²) in [5.41, 5.74) is 2.26. The third-order valence-corrected chi connectivity index (χ3v) is 3.43. The Morgan fingerprint density at radius 3 is 2.65 bits per heavy atom. The van der Waals surface area contributed by atoms with Crippen molar-refractivity contribution in [3.8, 4) is 0 Å². The molecule has 0 radical (unpaired) electrons. The number of aromatic nitrogens is 1. The number of carbonyl (C=O) groups is 2. The molecule has 2 amide bonds. The van der Waals surface area contributed by atoms with Gasteiger partial charge in [-0.2, -0.15) is 0 Å². The quantitative estimate of drug-likeness (QED) is 0.775.